The van der Waals surface area contributed by atoms with Crippen LogP contribution in [0.5, 0.6) is 11.5 Å². The molecule has 3 N–H and O–H groups in total. The second-order valence-corrected chi connectivity index (χ2v) is 6.28. The lowest BCUT2D eigenvalue weighted by atomic mass is 10.1. The van der Waals surface area contributed by atoms with Crippen LogP contribution < -0.4 is 20.5 Å². The number of hydrogen-bond acceptors (Lipinski definition) is 5. The zero-order valence-corrected chi connectivity index (χ0v) is 15.2. The fourth-order valence-corrected chi connectivity index (χ4v) is 2.95. The zero-order chi connectivity index (χ0) is 19.2. The summed E-state index contributed by atoms with van der Waals surface area (Å²) in [4.78, 5) is 25.9. The molecule has 1 aliphatic heterocycles. The minimum atomic E-state index is -0.579. The molecule has 0 bridgehead atoms. The minimum absolute atomic E-state index is 0.162. The Bertz CT molecular complexity index is 824. The number of nitrogens with zero attached hydrogens (tertiary/aromatic N) is 1. The molecule has 2 amide bonds. The molecule has 0 saturated carbocycles. The molecule has 7 nitrogen and oxygen atoms in total. The molecule has 2 aromatic rings. The maximum atomic E-state index is 12.4. The van der Waals surface area contributed by atoms with Gasteiger partial charge in [0.25, 0.3) is 5.91 Å². The zero-order valence-electron chi connectivity index (χ0n) is 15.2. The van der Waals surface area contributed by atoms with E-state index in [1.807, 2.05) is 36.1 Å². The van der Waals surface area contributed by atoms with E-state index in [0.29, 0.717) is 31.1 Å². The highest BCUT2D eigenvalue weighted by Crippen LogP contribution is 2.31. The van der Waals surface area contributed by atoms with Crippen molar-refractivity contribution in [3.63, 3.8) is 0 Å². The Labute approximate surface area is 158 Å². The predicted octanol–water partition coefficient (Wildman–Crippen LogP) is 1.89. The number of ether oxygens (including phenoxy) is 2. The first kappa shape index (κ1) is 18.7. The number of primary amides is 1. The summed E-state index contributed by atoms with van der Waals surface area (Å²) < 4.78 is 11.7. The van der Waals surface area contributed by atoms with Crippen molar-refractivity contribution in [2.45, 2.75) is 13.0 Å². The molecule has 3 rings (SSSR count). The third-order valence-electron chi connectivity index (χ3n) is 4.31. The number of para-hydroxylation sites is 3. The quantitative estimate of drug-likeness (QED) is 0.777. The smallest absolute Gasteiger partial charge is 0.250 e. The highest BCUT2D eigenvalue weighted by Gasteiger charge is 2.23. The van der Waals surface area contributed by atoms with Crippen LogP contribution in [0, 0.1) is 0 Å². The lowest BCUT2D eigenvalue weighted by Crippen LogP contribution is -2.43. The van der Waals surface area contributed by atoms with Gasteiger partial charge in [-0.15, -0.1) is 0 Å². The van der Waals surface area contributed by atoms with Crippen LogP contribution in [0.1, 0.15) is 17.3 Å². The largest absolute Gasteiger partial charge is 0.486 e. The van der Waals surface area contributed by atoms with E-state index in [-0.39, 0.29) is 24.1 Å². The first-order valence-corrected chi connectivity index (χ1v) is 8.86. The number of rotatable bonds is 7. The fraction of sp³-hybridized carbons (Fsp3) is 0.300. The summed E-state index contributed by atoms with van der Waals surface area (Å²) in [5.41, 5.74) is 6.05. The van der Waals surface area contributed by atoms with Gasteiger partial charge in [0.15, 0.2) is 11.5 Å². The van der Waals surface area contributed by atoms with Crippen molar-refractivity contribution in [3.05, 3.63) is 54.1 Å². The number of carbonyl (C=O) groups is 2. The van der Waals surface area contributed by atoms with E-state index in [1.165, 1.54) is 0 Å². The fourth-order valence-electron chi connectivity index (χ4n) is 2.95. The van der Waals surface area contributed by atoms with Gasteiger partial charge in [-0.3, -0.25) is 14.5 Å². The van der Waals surface area contributed by atoms with Gasteiger partial charge in [0.2, 0.25) is 5.91 Å². The molecule has 7 heteroatoms. The van der Waals surface area contributed by atoms with E-state index in [2.05, 4.69) is 5.32 Å². The number of carbonyl (C=O) groups excluding carboxylic acids is 2. The van der Waals surface area contributed by atoms with Crippen LogP contribution in [-0.4, -0.2) is 49.1 Å². The second-order valence-electron chi connectivity index (χ2n) is 6.28. The van der Waals surface area contributed by atoms with Crippen LogP contribution in [0.4, 0.5) is 5.69 Å². The second kappa shape index (κ2) is 8.55. The number of nitrogens with one attached hydrogen (secondary N) is 1. The summed E-state index contributed by atoms with van der Waals surface area (Å²) in [6, 6.07) is 14.2. The molecular weight excluding hydrogens is 346 g/mol. The summed E-state index contributed by atoms with van der Waals surface area (Å²) in [6.07, 6.45) is -0.162. The lowest BCUT2D eigenvalue weighted by molar-refractivity contribution is -0.117. The number of hydrogen-bond donors (Lipinski definition) is 2. The molecule has 1 aliphatic rings. The van der Waals surface area contributed by atoms with Gasteiger partial charge in [0.1, 0.15) is 12.7 Å². The number of amides is 2. The summed E-state index contributed by atoms with van der Waals surface area (Å²) in [7, 11) is 0. The van der Waals surface area contributed by atoms with Crippen molar-refractivity contribution in [1.82, 2.24) is 4.90 Å². The van der Waals surface area contributed by atoms with Gasteiger partial charge in [-0.2, -0.15) is 0 Å². The standard InChI is InChI=1S/C20H23N3O4/c1-2-23(11-14-13-26-17-9-5-6-10-18(17)27-14)12-19(24)22-16-8-4-3-7-15(16)20(21)25/h3-10,14H,2,11-13H2,1H3,(H2,21,25)(H,22,24)/t14-/m0/s1. The third kappa shape index (κ3) is 4.77. The SMILES string of the molecule is CCN(CC(=O)Nc1ccccc1C(N)=O)C[C@H]1COc2ccccc2O1. The molecule has 1 heterocycles. The van der Waals surface area contributed by atoms with Crippen LogP contribution in [0.15, 0.2) is 48.5 Å². The Balaban J connectivity index is 1.58. The maximum absolute atomic E-state index is 12.4. The Morgan fingerprint density at radius 2 is 1.85 bits per heavy atom. The van der Waals surface area contributed by atoms with Crippen molar-refractivity contribution in [3.8, 4) is 11.5 Å². The monoisotopic (exact) mass is 369 g/mol. The van der Waals surface area contributed by atoms with Gasteiger partial charge in [-0.1, -0.05) is 31.2 Å². The van der Waals surface area contributed by atoms with Crippen molar-refractivity contribution in [1.29, 1.82) is 0 Å². The minimum Gasteiger partial charge on any atom is -0.486 e. The summed E-state index contributed by atoms with van der Waals surface area (Å²) >= 11 is 0. The number of fused-ring (bicyclic) bond motifs is 1. The average Bonchev–Trinajstić information content (AvgIpc) is 2.67. The topological polar surface area (TPSA) is 93.9 Å². The van der Waals surface area contributed by atoms with E-state index in [4.69, 9.17) is 15.2 Å². The molecule has 0 aromatic heterocycles. The van der Waals surface area contributed by atoms with Crippen LogP contribution >= 0.6 is 0 Å². The van der Waals surface area contributed by atoms with Gasteiger partial charge in [0.05, 0.1) is 17.8 Å². The highest BCUT2D eigenvalue weighted by atomic mass is 16.6. The Kier molecular flexibility index (Phi) is 5.93. The van der Waals surface area contributed by atoms with Crippen LogP contribution in [-0.2, 0) is 4.79 Å². The van der Waals surface area contributed by atoms with Crippen LogP contribution in [0.25, 0.3) is 0 Å². The van der Waals surface area contributed by atoms with Gasteiger partial charge in [0, 0.05) is 6.54 Å². The molecule has 0 fully saturated rings. The molecule has 1 atom stereocenters. The summed E-state index contributed by atoms with van der Waals surface area (Å²) in [6.45, 7) is 3.80. The molecule has 0 radical (unpaired) electrons. The molecule has 0 aliphatic carbocycles. The Morgan fingerprint density at radius 3 is 2.59 bits per heavy atom. The Morgan fingerprint density at radius 1 is 1.15 bits per heavy atom. The van der Waals surface area contributed by atoms with E-state index < -0.39 is 5.91 Å². The number of benzene rings is 2. The molecule has 0 unspecified atom stereocenters. The average molecular weight is 369 g/mol. The predicted molar refractivity (Wildman–Crippen MR) is 102 cm³/mol. The number of anilines is 1. The highest BCUT2D eigenvalue weighted by molar-refractivity contribution is 6.03. The van der Waals surface area contributed by atoms with E-state index >= 15 is 0 Å². The van der Waals surface area contributed by atoms with Gasteiger partial charge >= 0.3 is 0 Å². The number of nitrogens with two attached hydrogens (primary N) is 1. The van der Waals surface area contributed by atoms with Crippen molar-refractivity contribution >= 4 is 17.5 Å². The first-order chi connectivity index (χ1) is 13.1. The maximum Gasteiger partial charge on any atom is 0.250 e. The van der Waals surface area contributed by atoms with Gasteiger partial charge in [-0.05, 0) is 30.8 Å². The molecule has 0 spiro atoms. The lowest BCUT2D eigenvalue weighted by Gasteiger charge is -2.30. The van der Waals surface area contributed by atoms with Crippen LogP contribution in [0.3, 0.4) is 0 Å². The third-order valence-corrected chi connectivity index (χ3v) is 4.31. The van der Waals surface area contributed by atoms with E-state index in [1.54, 1.807) is 24.3 Å². The molecule has 142 valence electrons. The molecular formula is C20H23N3O4. The summed E-state index contributed by atoms with van der Waals surface area (Å²) in [5, 5.41) is 2.76. The van der Waals surface area contributed by atoms with Crippen LogP contribution in [0.2, 0.25) is 0 Å². The Hall–Kier alpha value is -3.06. The first-order valence-electron chi connectivity index (χ1n) is 8.86. The normalized spacial score (nSPS) is 15.4. The summed E-state index contributed by atoms with van der Waals surface area (Å²) in [5.74, 6) is 0.648. The van der Waals surface area contributed by atoms with E-state index in [9.17, 15) is 9.59 Å². The molecule has 0 saturated heterocycles. The van der Waals surface area contributed by atoms with Gasteiger partial charge < -0.3 is 20.5 Å². The van der Waals surface area contributed by atoms with Crippen molar-refractivity contribution in [2.24, 2.45) is 5.73 Å². The molecule has 27 heavy (non-hydrogen) atoms. The number of likely N-dealkylation sites (N-methyl/N-ethyl adjacent to an activating group) is 1. The van der Waals surface area contributed by atoms with Crippen molar-refractivity contribution in [2.75, 3.05) is 31.6 Å². The molecule has 2 aromatic carbocycles. The van der Waals surface area contributed by atoms with Crippen molar-refractivity contribution < 1.29 is 19.1 Å². The van der Waals surface area contributed by atoms with E-state index in [0.717, 1.165) is 5.75 Å². The van der Waals surface area contributed by atoms with Gasteiger partial charge in [-0.25, -0.2) is 0 Å².